The first-order chi connectivity index (χ1) is 14.3. The lowest BCUT2D eigenvalue weighted by molar-refractivity contribution is -0.149. The molecule has 1 aliphatic carbocycles. The van der Waals surface area contributed by atoms with Crippen LogP contribution in [0.25, 0.3) is 0 Å². The van der Waals surface area contributed by atoms with E-state index in [1.54, 1.807) is 13.0 Å². The number of piperidine rings is 1. The lowest BCUT2D eigenvalue weighted by atomic mass is 9.94. The van der Waals surface area contributed by atoms with E-state index in [0.29, 0.717) is 51.2 Å². The molecular weight excluding hydrogens is 522 g/mol. The number of hydrogen-bond acceptors (Lipinski definition) is 3. The molecule has 3 rings (SSSR count). The van der Waals surface area contributed by atoms with Crippen molar-refractivity contribution in [1.29, 1.82) is 0 Å². The Labute approximate surface area is 198 Å². The zero-order valence-corrected chi connectivity index (χ0v) is 20.3. The van der Waals surface area contributed by atoms with Crippen LogP contribution in [0.4, 0.5) is 13.2 Å². The van der Waals surface area contributed by atoms with Crippen LogP contribution in [0.2, 0.25) is 0 Å². The summed E-state index contributed by atoms with van der Waals surface area (Å²) in [6.45, 7) is 6.74. The molecule has 0 amide bonds. The molecule has 1 aromatic rings. The first kappa shape index (κ1) is 25.7. The summed E-state index contributed by atoms with van der Waals surface area (Å²) in [6, 6.07) is 5.63. The number of rotatable bonds is 6. The predicted octanol–water partition coefficient (Wildman–Crippen LogP) is 4.60. The normalized spacial score (nSPS) is 18.9. The Balaban J connectivity index is 0.00000341. The number of nitrogens with one attached hydrogen (secondary N) is 1. The van der Waals surface area contributed by atoms with Gasteiger partial charge in [-0.2, -0.15) is 13.2 Å². The van der Waals surface area contributed by atoms with Gasteiger partial charge in [0, 0.05) is 25.0 Å². The van der Waals surface area contributed by atoms with Crippen LogP contribution in [0.15, 0.2) is 29.3 Å². The van der Waals surface area contributed by atoms with Crippen LogP contribution in [0, 0.1) is 5.92 Å². The van der Waals surface area contributed by atoms with Crippen molar-refractivity contribution in [3.63, 3.8) is 0 Å². The molecule has 1 heterocycles. The minimum Gasteiger partial charge on any atom is -0.466 e. The van der Waals surface area contributed by atoms with Crippen molar-refractivity contribution in [2.45, 2.75) is 51.1 Å². The SMILES string of the molecule is CCNC(=NCC1(c2cccc(C(F)(F)F)c2)CC1)N1CCC(C(=O)OCC)CC1.I. The molecule has 1 N–H and O–H groups in total. The number of halogens is 4. The molecule has 0 unspecified atom stereocenters. The van der Waals surface area contributed by atoms with Gasteiger partial charge in [0.1, 0.15) is 0 Å². The number of esters is 1. The Morgan fingerprint density at radius 2 is 1.94 bits per heavy atom. The van der Waals surface area contributed by atoms with Crippen molar-refractivity contribution in [2.24, 2.45) is 10.9 Å². The van der Waals surface area contributed by atoms with Gasteiger partial charge in [0.15, 0.2) is 5.96 Å². The summed E-state index contributed by atoms with van der Waals surface area (Å²) < 4.78 is 44.4. The van der Waals surface area contributed by atoms with E-state index in [0.717, 1.165) is 24.9 Å². The molecule has 0 aromatic heterocycles. The third kappa shape index (κ3) is 6.49. The maximum Gasteiger partial charge on any atom is 0.416 e. The summed E-state index contributed by atoms with van der Waals surface area (Å²) in [5.74, 6) is 0.544. The van der Waals surface area contributed by atoms with Gasteiger partial charge in [-0.15, -0.1) is 24.0 Å². The molecule has 1 saturated carbocycles. The summed E-state index contributed by atoms with van der Waals surface area (Å²) >= 11 is 0. The number of nitrogens with zero attached hydrogens (tertiary/aromatic N) is 2. The molecule has 0 spiro atoms. The maximum absolute atomic E-state index is 13.1. The zero-order chi connectivity index (χ0) is 21.8. The van der Waals surface area contributed by atoms with Gasteiger partial charge in [-0.25, -0.2) is 0 Å². The summed E-state index contributed by atoms with van der Waals surface area (Å²) in [5.41, 5.74) is -0.216. The minimum atomic E-state index is -4.34. The van der Waals surface area contributed by atoms with Crippen molar-refractivity contribution in [2.75, 3.05) is 32.8 Å². The van der Waals surface area contributed by atoms with Crippen molar-refractivity contribution in [3.05, 3.63) is 35.4 Å². The average Bonchev–Trinajstić information content (AvgIpc) is 3.52. The standard InChI is InChI=1S/C22H30F3N3O2.HI/c1-3-26-20(28-12-8-16(9-13-28)19(29)30-4-2)27-15-21(10-11-21)17-6-5-7-18(14-17)22(23,24)25;/h5-7,14,16H,3-4,8-13,15H2,1-2H3,(H,26,27);1H. The van der Waals surface area contributed by atoms with Gasteiger partial charge in [-0.05, 0) is 51.2 Å². The largest absolute Gasteiger partial charge is 0.466 e. The van der Waals surface area contributed by atoms with Gasteiger partial charge in [0.25, 0.3) is 0 Å². The summed E-state index contributed by atoms with van der Waals surface area (Å²) in [4.78, 5) is 18.9. The number of likely N-dealkylation sites (tertiary alicyclic amines) is 1. The highest BCUT2D eigenvalue weighted by atomic mass is 127. The molecule has 2 aliphatic rings. The molecule has 5 nitrogen and oxygen atoms in total. The Hall–Kier alpha value is -1.52. The summed E-state index contributed by atoms with van der Waals surface area (Å²) in [7, 11) is 0. The fourth-order valence-corrected chi connectivity index (χ4v) is 3.95. The molecule has 0 atom stereocenters. The molecule has 0 bridgehead atoms. The highest BCUT2D eigenvalue weighted by molar-refractivity contribution is 14.0. The van der Waals surface area contributed by atoms with Gasteiger partial charge in [-0.3, -0.25) is 9.79 Å². The molecule has 0 radical (unpaired) electrons. The lowest BCUT2D eigenvalue weighted by Gasteiger charge is -2.33. The first-order valence-corrected chi connectivity index (χ1v) is 10.7. The van der Waals surface area contributed by atoms with Crippen molar-refractivity contribution >= 4 is 35.9 Å². The van der Waals surface area contributed by atoms with Crippen molar-refractivity contribution < 1.29 is 22.7 Å². The number of benzene rings is 1. The number of ether oxygens (including phenoxy) is 1. The molecule has 31 heavy (non-hydrogen) atoms. The summed E-state index contributed by atoms with van der Waals surface area (Å²) in [5, 5.41) is 3.29. The van der Waals surface area contributed by atoms with E-state index in [1.165, 1.54) is 12.1 Å². The van der Waals surface area contributed by atoms with E-state index in [-0.39, 0.29) is 41.3 Å². The predicted molar refractivity (Wildman–Crippen MR) is 125 cm³/mol. The van der Waals surface area contributed by atoms with Gasteiger partial charge in [-0.1, -0.05) is 18.2 Å². The second-order valence-electron chi connectivity index (χ2n) is 8.04. The molecule has 1 saturated heterocycles. The average molecular weight is 553 g/mol. The molecule has 1 aliphatic heterocycles. The fraction of sp³-hybridized carbons (Fsp3) is 0.636. The zero-order valence-electron chi connectivity index (χ0n) is 18.0. The number of guanidine groups is 1. The fourth-order valence-electron chi connectivity index (χ4n) is 3.95. The van der Waals surface area contributed by atoms with Gasteiger partial charge in [0.2, 0.25) is 0 Å². The second kappa shape index (κ2) is 10.9. The van der Waals surface area contributed by atoms with Gasteiger partial charge < -0.3 is 15.0 Å². The lowest BCUT2D eigenvalue weighted by Crippen LogP contribution is -2.47. The van der Waals surface area contributed by atoms with Crippen LogP contribution in [0.3, 0.4) is 0 Å². The Bertz CT molecular complexity index is 774. The van der Waals surface area contributed by atoms with Crippen LogP contribution in [0.5, 0.6) is 0 Å². The highest BCUT2D eigenvalue weighted by Gasteiger charge is 2.45. The Morgan fingerprint density at radius 3 is 2.48 bits per heavy atom. The van der Waals surface area contributed by atoms with Crippen LogP contribution in [-0.2, 0) is 21.1 Å². The molecular formula is C22H31F3IN3O2. The number of aliphatic imine (C=N–C) groups is 1. The number of hydrogen-bond donors (Lipinski definition) is 1. The van der Waals surface area contributed by atoms with E-state index in [4.69, 9.17) is 9.73 Å². The third-order valence-corrected chi connectivity index (χ3v) is 5.94. The van der Waals surface area contributed by atoms with Crippen LogP contribution < -0.4 is 5.32 Å². The molecule has 2 fully saturated rings. The van der Waals surface area contributed by atoms with Gasteiger partial charge >= 0.3 is 12.1 Å². The third-order valence-electron chi connectivity index (χ3n) is 5.94. The first-order valence-electron chi connectivity index (χ1n) is 10.7. The quantitative estimate of drug-likeness (QED) is 0.242. The molecule has 9 heteroatoms. The minimum absolute atomic E-state index is 0. The highest BCUT2D eigenvalue weighted by Crippen LogP contribution is 2.49. The van der Waals surface area contributed by atoms with E-state index in [1.807, 2.05) is 6.92 Å². The van der Waals surface area contributed by atoms with Crippen molar-refractivity contribution in [3.8, 4) is 0 Å². The summed E-state index contributed by atoms with van der Waals surface area (Å²) in [6.07, 6.45) is -1.25. The molecule has 1 aromatic carbocycles. The molecule has 174 valence electrons. The van der Waals surface area contributed by atoms with Crippen LogP contribution in [0.1, 0.15) is 50.7 Å². The van der Waals surface area contributed by atoms with Gasteiger partial charge in [0.05, 0.1) is 24.6 Å². The van der Waals surface area contributed by atoms with E-state index >= 15 is 0 Å². The number of carbonyl (C=O) groups is 1. The van der Waals surface area contributed by atoms with E-state index in [9.17, 15) is 18.0 Å². The van der Waals surface area contributed by atoms with Crippen LogP contribution in [-0.4, -0.2) is 49.6 Å². The monoisotopic (exact) mass is 553 g/mol. The topological polar surface area (TPSA) is 53.9 Å². The number of carbonyl (C=O) groups excluding carboxylic acids is 1. The number of alkyl halides is 3. The van der Waals surface area contributed by atoms with Crippen molar-refractivity contribution in [1.82, 2.24) is 10.2 Å². The van der Waals surface area contributed by atoms with E-state index in [2.05, 4.69) is 10.2 Å². The maximum atomic E-state index is 13.1. The van der Waals surface area contributed by atoms with E-state index < -0.39 is 11.7 Å². The Morgan fingerprint density at radius 1 is 1.26 bits per heavy atom. The smallest absolute Gasteiger partial charge is 0.416 e. The second-order valence-corrected chi connectivity index (χ2v) is 8.04. The van der Waals surface area contributed by atoms with Crippen LogP contribution >= 0.6 is 24.0 Å². The Kier molecular flexibility index (Phi) is 9.03.